The fourth-order valence-corrected chi connectivity index (χ4v) is 0.689. The number of aryl methyl sites for hydroxylation is 2. The fourth-order valence-electron chi connectivity index (χ4n) is 0.689. The molecule has 7 heteroatoms. The lowest BCUT2D eigenvalue weighted by Crippen LogP contribution is -2.28. The molecule has 0 aliphatic carbocycles. The summed E-state index contributed by atoms with van der Waals surface area (Å²) in [6.45, 7) is 3.18. The summed E-state index contributed by atoms with van der Waals surface area (Å²) in [5, 5.41) is 0. The van der Waals surface area contributed by atoms with Crippen LogP contribution < -0.4 is 4.57 Å². The number of rotatable bonds is 1. The Morgan fingerprint density at radius 1 is 1.46 bits per heavy atom. The zero-order valence-corrected chi connectivity index (χ0v) is 9.01. The third kappa shape index (κ3) is 9.46. The Bertz CT molecular complexity index is 242. The van der Waals surface area contributed by atoms with E-state index in [9.17, 15) is 12.9 Å². The van der Waals surface area contributed by atoms with Crippen molar-refractivity contribution in [2.24, 2.45) is 7.05 Å². The van der Waals surface area contributed by atoms with Crippen LogP contribution in [-0.4, -0.2) is 10.4 Å². The second-order valence-corrected chi connectivity index (χ2v) is 3.44. The Hall–Kier alpha value is -0.455. The molecule has 0 unspecified atom stereocenters. The van der Waals surface area contributed by atoms with Crippen LogP contribution in [0.25, 0.3) is 0 Å². The lowest BCUT2D eigenvalue weighted by molar-refractivity contribution is -0.693. The van der Waals surface area contributed by atoms with E-state index in [-0.39, 0.29) is 0 Å². The summed E-state index contributed by atoms with van der Waals surface area (Å²) in [7, 11) is 2.02. The van der Waals surface area contributed by atoms with Gasteiger partial charge in [-0.25, -0.2) is 24.9 Å². The van der Waals surface area contributed by atoms with Crippen molar-refractivity contribution in [3.63, 3.8) is 0 Å². The Morgan fingerprint density at radius 2 is 1.92 bits per heavy atom. The van der Waals surface area contributed by atoms with Gasteiger partial charge >= 0.3 is 5.80 Å². The van der Waals surface area contributed by atoms with Gasteiger partial charge in [0.1, 0.15) is 12.4 Å². The maximum Gasteiger partial charge on any atom is 0.548 e. The fraction of sp³-hybridized carbons (Fsp3) is 0.500. The second-order valence-electron chi connectivity index (χ2n) is 2.40. The first-order valence-corrected chi connectivity index (χ1v) is 4.63. The van der Waals surface area contributed by atoms with Crippen molar-refractivity contribution in [3.05, 3.63) is 18.7 Å². The van der Waals surface area contributed by atoms with Gasteiger partial charge < -0.3 is 12.9 Å². The van der Waals surface area contributed by atoms with Gasteiger partial charge in [-0.05, 0) is 6.92 Å². The van der Waals surface area contributed by atoms with Crippen molar-refractivity contribution < 1.29 is 17.5 Å². The second kappa shape index (κ2) is 5.31. The van der Waals surface area contributed by atoms with Crippen LogP contribution in [0.15, 0.2) is 18.7 Å². The van der Waals surface area contributed by atoms with Gasteiger partial charge in [-0.3, -0.25) is 0 Å². The molecule has 0 aliphatic rings. The molecule has 0 bridgehead atoms. The number of halogens is 4. The first kappa shape index (κ1) is 12.5. The summed E-state index contributed by atoms with van der Waals surface area (Å²) in [6.07, 6.45) is 6.14. The van der Waals surface area contributed by atoms with Gasteiger partial charge in [0, 0.05) is 0 Å². The third-order valence-corrected chi connectivity index (χ3v) is 1.19. The molecule has 1 aromatic heterocycles. The van der Waals surface area contributed by atoms with Crippen molar-refractivity contribution in [2.75, 3.05) is 0 Å². The molecule has 2 nitrogen and oxygen atoms in total. The maximum absolute atomic E-state index is 10.3. The van der Waals surface area contributed by atoms with E-state index in [0.717, 1.165) is 6.54 Å². The lowest BCUT2D eigenvalue weighted by atomic mass is 10.4. The number of nitrogens with zero attached hydrogens (tertiary/aromatic N) is 2. The number of hydrogen-bond donors (Lipinski definition) is 0. The van der Waals surface area contributed by atoms with Crippen molar-refractivity contribution in [2.45, 2.75) is 13.5 Å². The molecule has 0 aromatic carbocycles. The minimum absolute atomic E-state index is 1.06. The predicted molar refractivity (Wildman–Crippen MR) is 49.3 cm³/mol. The molecule has 0 amide bonds. The molecule has 1 heterocycles. The molecule has 0 radical (unpaired) electrons. The summed E-state index contributed by atoms with van der Waals surface area (Å²) in [5.74, 6) is -4.69. The molecule has 13 heavy (non-hydrogen) atoms. The van der Waals surface area contributed by atoms with Gasteiger partial charge in [0.2, 0.25) is 6.33 Å². The summed E-state index contributed by atoms with van der Waals surface area (Å²) < 4.78 is 35.2. The topological polar surface area (TPSA) is 8.81 Å². The molecular weight excluding hydrogens is 248 g/mol. The quantitative estimate of drug-likeness (QED) is 0.539. The molecule has 76 valence electrons. The van der Waals surface area contributed by atoms with Gasteiger partial charge in [-0.2, -0.15) is 0 Å². The number of imidazole rings is 1. The molecule has 1 aromatic rings. The molecule has 0 aliphatic heterocycles. The molecule has 0 saturated heterocycles. The summed E-state index contributed by atoms with van der Waals surface area (Å²) in [4.78, 5) is 0. The Labute approximate surface area is 83.4 Å². The van der Waals surface area contributed by atoms with Gasteiger partial charge in [0.15, 0.2) is 0 Å². The van der Waals surface area contributed by atoms with Crippen LogP contribution in [0.3, 0.4) is 0 Å². The molecule has 1 rings (SSSR count). The Balaban J connectivity index is 0.000000252. The standard InChI is InChI=1S/C6H11N2.BBrF3/c1-3-8-5-4-7(2)6-8;2-1(3,4)5/h4-6H,3H2,1-2H3;/q+1;-1. The van der Waals surface area contributed by atoms with E-state index in [1.165, 1.54) is 15.8 Å². The average molecular weight is 259 g/mol. The molecule has 0 fully saturated rings. The Morgan fingerprint density at radius 3 is 2.08 bits per heavy atom. The van der Waals surface area contributed by atoms with Crippen LogP contribution in [-0.2, 0) is 13.6 Å². The molecule has 0 N–H and O–H groups in total. The van der Waals surface area contributed by atoms with Gasteiger partial charge in [-0.15, -0.1) is 0 Å². The predicted octanol–water partition coefficient (Wildman–Crippen LogP) is 2.06. The zero-order valence-electron chi connectivity index (χ0n) is 7.42. The molecule has 0 saturated carbocycles. The monoisotopic (exact) mass is 258 g/mol. The average Bonchev–Trinajstić information content (AvgIpc) is 2.31. The first-order valence-electron chi connectivity index (χ1n) is 3.71. The lowest BCUT2D eigenvalue weighted by Gasteiger charge is -1.97. The van der Waals surface area contributed by atoms with Crippen molar-refractivity contribution in [1.29, 1.82) is 0 Å². The van der Waals surface area contributed by atoms with Crippen LogP contribution >= 0.6 is 15.8 Å². The SMILES string of the molecule is CC[n+]1ccn(C)c1.F[B-](F)(F)Br. The maximum atomic E-state index is 10.3. The first-order chi connectivity index (χ1) is 5.83. The Kier molecular flexibility index (Phi) is 5.13. The number of aromatic nitrogens is 2. The van der Waals surface area contributed by atoms with E-state index in [2.05, 4.69) is 24.0 Å². The summed E-state index contributed by atoms with van der Waals surface area (Å²) >= 11 is 1.44. The van der Waals surface area contributed by atoms with Crippen molar-refractivity contribution in [3.8, 4) is 0 Å². The van der Waals surface area contributed by atoms with E-state index in [0.29, 0.717) is 0 Å². The van der Waals surface area contributed by atoms with Crippen LogP contribution in [0.1, 0.15) is 6.92 Å². The largest absolute Gasteiger partial charge is 0.548 e. The molecular formula is C6H11BBrF3N2. The van der Waals surface area contributed by atoms with Crippen LogP contribution in [0, 0.1) is 0 Å². The van der Waals surface area contributed by atoms with Crippen LogP contribution in [0.4, 0.5) is 12.9 Å². The highest BCUT2D eigenvalue weighted by molar-refractivity contribution is 9.25. The van der Waals surface area contributed by atoms with E-state index in [1.807, 2.05) is 17.8 Å². The highest BCUT2D eigenvalue weighted by atomic mass is 79.9. The minimum atomic E-state index is -4.69. The van der Waals surface area contributed by atoms with Gasteiger partial charge in [0.25, 0.3) is 0 Å². The van der Waals surface area contributed by atoms with E-state index in [4.69, 9.17) is 0 Å². The normalized spacial score (nSPS) is 10.6. The van der Waals surface area contributed by atoms with Gasteiger partial charge in [0.05, 0.1) is 13.6 Å². The van der Waals surface area contributed by atoms with Gasteiger partial charge in [-0.1, -0.05) is 0 Å². The van der Waals surface area contributed by atoms with E-state index >= 15 is 0 Å². The highest BCUT2D eigenvalue weighted by Gasteiger charge is 2.14. The summed E-state index contributed by atoms with van der Waals surface area (Å²) in [5.41, 5.74) is 0. The van der Waals surface area contributed by atoms with E-state index < -0.39 is 5.80 Å². The molecule has 0 spiro atoms. The zero-order chi connectivity index (χ0) is 10.5. The number of hydrogen-bond acceptors (Lipinski definition) is 0. The smallest absolute Gasteiger partial charge is 0.439 e. The highest BCUT2D eigenvalue weighted by Crippen LogP contribution is 2.14. The van der Waals surface area contributed by atoms with Crippen LogP contribution in [0.2, 0.25) is 0 Å². The molecule has 0 atom stereocenters. The summed E-state index contributed by atoms with van der Waals surface area (Å²) in [6, 6.07) is 0. The van der Waals surface area contributed by atoms with Crippen molar-refractivity contribution in [1.82, 2.24) is 4.57 Å². The third-order valence-electron chi connectivity index (χ3n) is 1.19. The van der Waals surface area contributed by atoms with E-state index in [1.54, 1.807) is 0 Å². The van der Waals surface area contributed by atoms with Crippen LogP contribution in [0.5, 0.6) is 0 Å². The minimum Gasteiger partial charge on any atom is -0.439 e. The van der Waals surface area contributed by atoms with Crippen molar-refractivity contribution >= 4 is 21.6 Å².